The molecule has 0 unspecified atom stereocenters. The van der Waals surface area contributed by atoms with Crippen molar-refractivity contribution in [2.24, 2.45) is 0 Å². The molecule has 0 radical (unpaired) electrons. The molecular formula is C7H13N4+. The van der Waals surface area contributed by atoms with Crippen LogP contribution in [0.2, 0.25) is 0 Å². The number of anilines is 1. The molecule has 4 heteroatoms. The number of nitrogen functional groups attached to an aromatic ring is 1. The molecule has 0 aliphatic heterocycles. The van der Waals surface area contributed by atoms with Crippen molar-refractivity contribution >= 4 is 11.6 Å². The molecule has 0 amide bonds. The molecule has 1 heterocycles. The fourth-order valence-corrected chi connectivity index (χ4v) is 0.678. The van der Waals surface area contributed by atoms with Gasteiger partial charge in [0.1, 0.15) is 0 Å². The van der Waals surface area contributed by atoms with Crippen LogP contribution in [0.3, 0.4) is 0 Å². The van der Waals surface area contributed by atoms with Crippen LogP contribution in [0.4, 0.5) is 11.6 Å². The Kier molecular flexibility index (Phi) is 1.78. The summed E-state index contributed by atoms with van der Waals surface area (Å²) in [6.45, 7) is 0. The van der Waals surface area contributed by atoms with Gasteiger partial charge in [0, 0.05) is 0 Å². The third-order valence-corrected chi connectivity index (χ3v) is 1.43. The minimum Gasteiger partial charge on any atom is -0.368 e. The Morgan fingerprint density at radius 3 is 2.00 bits per heavy atom. The van der Waals surface area contributed by atoms with Gasteiger partial charge in [-0.25, -0.2) is 9.97 Å². The Balaban J connectivity index is 2.99. The lowest BCUT2D eigenvalue weighted by Gasteiger charge is -2.21. The largest absolute Gasteiger partial charge is 0.368 e. The van der Waals surface area contributed by atoms with E-state index in [2.05, 4.69) is 31.1 Å². The first-order valence-corrected chi connectivity index (χ1v) is 3.39. The van der Waals surface area contributed by atoms with E-state index in [1.807, 2.05) is 0 Å². The first-order valence-electron chi connectivity index (χ1n) is 3.39. The van der Waals surface area contributed by atoms with E-state index in [1.54, 1.807) is 12.4 Å². The minimum absolute atomic E-state index is 0.321. The summed E-state index contributed by atoms with van der Waals surface area (Å²) in [5.74, 6) is 0.321. The second-order valence-corrected chi connectivity index (χ2v) is 3.31. The maximum Gasteiger partial charge on any atom is 0.220 e. The predicted octanol–water partition coefficient (Wildman–Crippen LogP) is 0.255. The molecule has 0 aliphatic rings. The van der Waals surface area contributed by atoms with Crippen LogP contribution in [0.25, 0.3) is 0 Å². The molecule has 1 rings (SSSR count). The van der Waals surface area contributed by atoms with E-state index in [9.17, 15) is 0 Å². The van der Waals surface area contributed by atoms with Crippen molar-refractivity contribution in [2.45, 2.75) is 0 Å². The number of hydrogen-bond acceptors (Lipinski definition) is 3. The third kappa shape index (κ3) is 1.88. The number of rotatable bonds is 1. The van der Waals surface area contributed by atoms with Crippen LogP contribution in [0.15, 0.2) is 12.4 Å². The van der Waals surface area contributed by atoms with Gasteiger partial charge in [0.05, 0.1) is 33.5 Å². The zero-order chi connectivity index (χ0) is 8.48. The van der Waals surface area contributed by atoms with Crippen molar-refractivity contribution in [2.75, 3.05) is 26.9 Å². The van der Waals surface area contributed by atoms with E-state index in [-0.39, 0.29) is 0 Å². The van der Waals surface area contributed by atoms with Crippen molar-refractivity contribution < 1.29 is 0 Å². The topological polar surface area (TPSA) is 51.8 Å². The molecule has 2 N–H and O–H groups in total. The highest BCUT2D eigenvalue weighted by atomic mass is 15.3. The van der Waals surface area contributed by atoms with Crippen molar-refractivity contribution in [1.82, 2.24) is 14.5 Å². The number of quaternary nitrogens is 1. The Hall–Kier alpha value is -1.16. The van der Waals surface area contributed by atoms with Gasteiger partial charge >= 0.3 is 0 Å². The average Bonchev–Trinajstić information content (AvgIpc) is 1.86. The lowest BCUT2D eigenvalue weighted by atomic mass is 10.4. The van der Waals surface area contributed by atoms with E-state index in [0.717, 1.165) is 5.69 Å². The molecule has 0 saturated heterocycles. The van der Waals surface area contributed by atoms with Crippen LogP contribution in [-0.2, 0) is 0 Å². The zero-order valence-electron chi connectivity index (χ0n) is 7.07. The maximum absolute atomic E-state index is 5.34. The summed E-state index contributed by atoms with van der Waals surface area (Å²) in [5.41, 5.74) is 6.38. The highest BCUT2D eigenvalue weighted by molar-refractivity contribution is 5.37. The average molecular weight is 153 g/mol. The lowest BCUT2D eigenvalue weighted by Crippen LogP contribution is -2.34. The van der Waals surface area contributed by atoms with Gasteiger partial charge in [0.15, 0.2) is 5.69 Å². The fraction of sp³-hybridized carbons (Fsp3) is 0.429. The SMILES string of the molecule is C[N+](C)(C)c1cnc(N)nc1. The normalized spacial score (nSPS) is 11.5. The van der Waals surface area contributed by atoms with Crippen molar-refractivity contribution in [3.8, 4) is 0 Å². The van der Waals surface area contributed by atoms with Gasteiger partial charge in [-0.2, -0.15) is 0 Å². The third-order valence-electron chi connectivity index (χ3n) is 1.43. The smallest absolute Gasteiger partial charge is 0.220 e. The molecule has 1 aromatic heterocycles. The second-order valence-electron chi connectivity index (χ2n) is 3.31. The molecule has 0 fully saturated rings. The van der Waals surface area contributed by atoms with Crippen LogP contribution < -0.4 is 10.2 Å². The highest BCUT2D eigenvalue weighted by Gasteiger charge is 2.11. The van der Waals surface area contributed by atoms with E-state index < -0.39 is 0 Å². The van der Waals surface area contributed by atoms with Gasteiger partial charge < -0.3 is 5.73 Å². The van der Waals surface area contributed by atoms with Gasteiger partial charge in [-0.05, 0) is 0 Å². The summed E-state index contributed by atoms with van der Waals surface area (Å²) in [6.07, 6.45) is 3.48. The molecule has 0 aromatic carbocycles. The molecule has 1 aromatic rings. The van der Waals surface area contributed by atoms with Crippen molar-refractivity contribution in [1.29, 1.82) is 0 Å². The zero-order valence-corrected chi connectivity index (χ0v) is 7.07. The molecule has 0 bridgehead atoms. The Morgan fingerprint density at radius 2 is 1.64 bits per heavy atom. The molecule has 0 aliphatic carbocycles. The van der Waals surface area contributed by atoms with E-state index in [4.69, 9.17) is 5.73 Å². The van der Waals surface area contributed by atoms with Gasteiger partial charge in [-0.1, -0.05) is 0 Å². The summed E-state index contributed by atoms with van der Waals surface area (Å²) >= 11 is 0. The van der Waals surface area contributed by atoms with Crippen molar-refractivity contribution in [3.05, 3.63) is 12.4 Å². The predicted molar refractivity (Wildman–Crippen MR) is 46.0 cm³/mol. The second kappa shape index (κ2) is 2.47. The van der Waals surface area contributed by atoms with Gasteiger partial charge in [-0.3, -0.25) is 4.48 Å². The summed E-state index contributed by atoms with van der Waals surface area (Å²) in [6, 6.07) is 0. The standard InChI is InChI=1S/C7H13N4/c1-11(2,3)6-4-9-7(8)10-5-6/h4-5H,1-3H3,(H2,8,9,10)/q+1. The Labute approximate surface area is 66.3 Å². The first-order chi connectivity index (χ1) is 5.00. The van der Waals surface area contributed by atoms with E-state index in [1.165, 1.54) is 0 Å². The van der Waals surface area contributed by atoms with E-state index in [0.29, 0.717) is 10.4 Å². The lowest BCUT2D eigenvalue weighted by molar-refractivity contribution is 0.483. The minimum atomic E-state index is 0.321. The molecule has 0 atom stereocenters. The summed E-state index contributed by atoms with van der Waals surface area (Å²) in [7, 11) is 6.15. The molecule has 4 nitrogen and oxygen atoms in total. The van der Waals surface area contributed by atoms with Gasteiger partial charge in [0.2, 0.25) is 5.95 Å². The molecular weight excluding hydrogens is 140 g/mol. The molecule has 11 heavy (non-hydrogen) atoms. The summed E-state index contributed by atoms with van der Waals surface area (Å²) in [5, 5.41) is 0. The number of nitrogens with two attached hydrogens (primary N) is 1. The van der Waals surface area contributed by atoms with Crippen molar-refractivity contribution in [3.63, 3.8) is 0 Å². The monoisotopic (exact) mass is 153 g/mol. The van der Waals surface area contributed by atoms with Gasteiger partial charge in [0.25, 0.3) is 0 Å². The van der Waals surface area contributed by atoms with Crippen LogP contribution in [0.1, 0.15) is 0 Å². The Bertz CT molecular complexity index is 234. The highest BCUT2D eigenvalue weighted by Crippen LogP contribution is 2.12. The number of nitrogens with zero attached hydrogens (tertiary/aromatic N) is 3. The molecule has 0 spiro atoms. The maximum atomic E-state index is 5.34. The van der Waals surface area contributed by atoms with Crippen LogP contribution in [0.5, 0.6) is 0 Å². The molecule has 60 valence electrons. The quantitative estimate of drug-likeness (QED) is 0.589. The summed E-state index contributed by atoms with van der Waals surface area (Å²) in [4.78, 5) is 7.79. The van der Waals surface area contributed by atoms with Crippen LogP contribution in [0, 0.1) is 0 Å². The number of aromatic nitrogens is 2. The van der Waals surface area contributed by atoms with Crippen LogP contribution in [-0.4, -0.2) is 31.1 Å². The van der Waals surface area contributed by atoms with Gasteiger partial charge in [-0.15, -0.1) is 0 Å². The molecule has 0 saturated carbocycles. The first kappa shape index (κ1) is 7.94. The fourth-order valence-electron chi connectivity index (χ4n) is 0.678. The summed E-state index contributed by atoms with van der Waals surface area (Å²) < 4.78 is 0.709. The van der Waals surface area contributed by atoms with E-state index >= 15 is 0 Å². The Morgan fingerprint density at radius 1 is 1.18 bits per heavy atom. The number of hydrogen-bond donors (Lipinski definition) is 1. The van der Waals surface area contributed by atoms with Crippen LogP contribution >= 0.6 is 0 Å².